The lowest BCUT2D eigenvalue weighted by atomic mass is 10.6. The van der Waals surface area contributed by atoms with Gasteiger partial charge in [-0.15, -0.1) is 0 Å². The third-order valence-electron chi connectivity index (χ3n) is 0.220. The van der Waals surface area contributed by atoms with Crippen molar-refractivity contribution in [3.8, 4) is 6.57 Å². The smallest absolute Gasteiger partial charge is 0.0449 e. The van der Waals surface area contributed by atoms with Crippen LogP contribution in [0.5, 0.6) is 0 Å². The van der Waals surface area contributed by atoms with Gasteiger partial charge >= 0.3 is 5.70 Å². The first-order valence-electron chi connectivity index (χ1n) is 1.34. The molecule has 0 heterocycles. The second-order valence-corrected chi connectivity index (χ2v) is 0.864. The van der Waals surface area contributed by atoms with E-state index >= 15 is 0 Å². The van der Waals surface area contributed by atoms with Crippen molar-refractivity contribution in [2.45, 2.75) is 6.92 Å². The number of nitrogens with zero attached hydrogens (tertiary/aromatic N) is 1. The SMILES string of the molecule is C#[N+]C(=C)C. The minimum atomic E-state index is 0.657. The van der Waals surface area contributed by atoms with Crippen LogP contribution in [0.1, 0.15) is 6.92 Å². The summed E-state index contributed by atoms with van der Waals surface area (Å²) in [6.45, 7) is 9.81. The van der Waals surface area contributed by atoms with E-state index in [1.165, 1.54) is 0 Å². The number of hydrogen-bond donors (Lipinski definition) is 0. The van der Waals surface area contributed by atoms with Gasteiger partial charge in [-0.1, -0.05) is 0 Å². The number of rotatable bonds is 0. The van der Waals surface area contributed by atoms with Crippen molar-refractivity contribution in [2.75, 3.05) is 0 Å². The number of hydrogen-bond acceptors (Lipinski definition) is 0. The standard InChI is InChI=1S/C4H6N/c1-4(2)5-3/h3H,1H2,2H3/q+1. The summed E-state index contributed by atoms with van der Waals surface area (Å²) in [6, 6.07) is 0. The molecule has 0 bridgehead atoms. The van der Waals surface area contributed by atoms with Crippen LogP contribution in [0.2, 0.25) is 0 Å². The first kappa shape index (κ1) is 4.23. The molecule has 26 valence electrons. The Bertz CT molecular complexity index is 76.1. The summed E-state index contributed by atoms with van der Waals surface area (Å²) in [4.78, 5) is 3.19. The Hall–Kier alpha value is -0.770. The number of allylic oxidation sites excluding steroid dienone is 1. The molecule has 0 aromatic carbocycles. The van der Waals surface area contributed by atoms with Gasteiger partial charge in [0.05, 0.1) is 0 Å². The topological polar surface area (TPSA) is 4.36 Å². The van der Waals surface area contributed by atoms with Crippen molar-refractivity contribution in [1.29, 1.82) is 0 Å². The van der Waals surface area contributed by atoms with Gasteiger partial charge in [-0.2, -0.15) is 0 Å². The second-order valence-electron chi connectivity index (χ2n) is 0.864. The molecule has 0 radical (unpaired) electrons. The van der Waals surface area contributed by atoms with Crippen LogP contribution in [0.25, 0.3) is 4.85 Å². The lowest BCUT2D eigenvalue weighted by Gasteiger charge is -1.49. The molecular formula is C4H6N+. The van der Waals surface area contributed by atoms with Crippen LogP contribution in [0.4, 0.5) is 0 Å². The fourth-order valence-electron chi connectivity index (χ4n) is 0. The summed E-state index contributed by atoms with van der Waals surface area (Å²) in [7, 11) is 0. The Kier molecular flexibility index (Phi) is 1.30. The van der Waals surface area contributed by atoms with E-state index in [0.29, 0.717) is 5.70 Å². The Morgan fingerprint density at radius 3 is 2.20 bits per heavy atom. The first-order valence-corrected chi connectivity index (χ1v) is 1.34. The van der Waals surface area contributed by atoms with Gasteiger partial charge < -0.3 is 0 Å². The normalized spacial score (nSPS) is 5.60. The highest BCUT2D eigenvalue weighted by atomic mass is 14.6. The second kappa shape index (κ2) is 1.54. The third-order valence-corrected chi connectivity index (χ3v) is 0.220. The van der Waals surface area contributed by atoms with Crippen LogP contribution in [-0.2, 0) is 0 Å². The van der Waals surface area contributed by atoms with Gasteiger partial charge in [-0.25, -0.2) is 0 Å². The van der Waals surface area contributed by atoms with E-state index in [9.17, 15) is 0 Å². The maximum atomic E-state index is 4.70. The van der Waals surface area contributed by atoms with E-state index in [1.807, 2.05) is 0 Å². The average molecular weight is 68.1 g/mol. The fraction of sp³-hybridized carbons (Fsp3) is 0.250. The van der Waals surface area contributed by atoms with E-state index in [2.05, 4.69) is 11.4 Å². The molecule has 0 amide bonds. The molecule has 0 saturated heterocycles. The van der Waals surface area contributed by atoms with E-state index in [1.54, 1.807) is 6.92 Å². The summed E-state index contributed by atoms with van der Waals surface area (Å²) in [6.07, 6.45) is 0. The Morgan fingerprint density at radius 1 is 2.00 bits per heavy atom. The molecule has 1 nitrogen and oxygen atoms in total. The molecule has 1 heteroatoms. The Morgan fingerprint density at radius 2 is 2.20 bits per heavy atom. The predicted octanol–water partition coefficient (Wildman–Crippen LogP) is 1.48. The minimum Gasteiger partial charge on any atom is -0.0449 e. The molecule has 0 spiro atoms. The zero-order chi connectivity index (χ0) is 4.28. The van der Waals surface area contributed by atoms with Crippen molar-refractivity contribution in [1.82, 2.24) is 0 Å². The monoisotopic (exact) mass is 68.0 g/mol. The highest BCUT2D eigenvalue weighted by Gasteiger charge is 1.78. The van der Waals surface area contributed by atoms with E-state index in [-0.39, 0.29) is 0 Å². The van der Waals surface area contributed by atoms with Crippen molar-refractivity contribution in [2.24, 2.45) is 0 Å². The third kappa shape index (κ3) is 3.23. The molecule has 0 aromatic rings. The van der Waals surface area contributed by atoms with Gasteiger partial charge in [0.1, 0.15) is 0 Å². The lowest BCUT2D eigenvalue weighted by molar-refractivity contribution is 1.57. The van der Waals surface area contributed by atoms with Crippen molar-refractivity contribution in [3.63, 3.8) is 0 Å². The van der Waals surface area contributed by atoms with Gasteiger partial charge in [-0.05, 0) is 11.4 Å². The first-order chi connectivity index (χ1) is 2.27. The summed E-state index contributed by atoms with van der Waals surface area (Å²) in [5, 5.41) is 0. The molecule has 5 heavy (non-hydrogen) atoms. The Balaban J connectivity index is 3.35. The van der Waals surface area contributed by atoms with E-state index in [4.69, 9.17) is 6.57 Å². The van der Waals surface area contributed by atoms with Crippen LogP contribution in [0.3, 0.4) is 0 Å². The van der Waals surface area contributed by atoms with E-state index in [0.717, 1.165) is 0 Å². The maximum absolute atomic E-state index is 4.70. The molecule has 0 saturated carbocycles. The van der Waals surface area contributed by atoms with Gasteiger partial charge in [0, 0.05) is 6.92 Å². The van der Waals surface area contributed by atoms with E-state index < -0.39 is 0 Å². The summed E-state index contributed by atoms with van der Waals surface area (Å²) in [5.74, 6) is 0. The zero-order valence-electron chi connectivity index (χ0n) is 3.23. The average Bonchev–Trinajstić information content (AvgIpc) is 1.38. The predicted molar refractivity (Wildman–Crippen MR) is 23.1 cm³/mol. The lowest BCUT2D eigenvalue weighted by Crippen LogP contribution is -1.45. The molecule has 0 atom stereocenters. The van der Waals surface area contributed by atoms with Gasteiger partial charge in [-0.3, -0.25) is 0 Å². The van der Waals surface area contributed by atoms with Crippen molar-refractivity contribution >= 4 is 0 Å². The largest absolute Gasteiger partial charge is 0.306 e. The highest BCUT2D eigenvalue weighted by molar-refractivity contribution is 5.00. The summed E-state index contributed by atoms with van der Waals surface area (Å²) >= 11 is 0. The van der Waals surface area contributed by atoms with Gasteiger partial charge in [0.2, 0.25) is 0 Å². The zero-order valence-corrected chi connectivity index (χ0v) is 3.23. The molecule has 0 unspecified atom stereocenters. The van der Waals surface area contributed by atoms with Crippen LogP contribution in [0, 0.1) is 6.57 Å². The van der Waals surface area contributed by atoms with Gasteiger partial charge in [0.15, 0.2) is 0 Å². The molecule has 0 aliphatic heterocycles. The summed E-state index contributed by atoms with van der Waals surface area (Å²) in [5.41, 5.74) is 0.657. The molecule has 0 aromatic heterocycles. The van der Waals surface area contributed by atoms with Crippen LogP contribution in [-0.4, -0.2) is 0 Å². The summed E-state index contributed by atoms with van der Waals surface area (Å²) < 4.78 is 0. The molecule has 0 N–H and O–H groups in total. The molecule has 0 fully saturated rings. The van der Waals surface area contributed by atoms with Crippen LogP contribution in [0.15, 0.2) is 12.3 Å². The van der Waals surface area contributed by atoms with Crippen LogP contribution >= 0.6 is 0 Å². The van der Waals surface area contributed by atoms with Crippen LogP contribution < -0.4 is 0 Å². The van der Waals surface area contributed by atoms with Gasteiger partial charge in [0.25, 0.3) is 6.57 Å². The fourth-order valence-corrected chi connectivity index (χ4v) is 0. The molecule has 0 aliphatic rings. The van der Waals surface area contributed by atoms with Crippen molar-refractivity contribution in [3.05, 3.63) is 17.1 Å². The minimum absolute atomic E-state index is 0.657. The molecule has 0 aliphatic carbocycles. The molecule has 0 rings (SSSR count). The maximum Gasteiger partial charge on any atom is 0.306 e. The quantitative estimate of drug-likeness (QED) is 0.405. The highest BCUT2D eigenvalue weighted by Crippen LogP contribution is 1.81. The Labute approximate surface area is 31.7 Å². The molecular weight excluding hydrogens is 62.1 g/mol. The van der Waals surface area contributed by atoms with Crippen molar-refractivity contribution < 1.29 is 0 Å².